The highest BCUT2D eigenvalue weighted by molar-refractivity contribution is 5.95. The van der Waals surface area contributed by atoms with Crippen molar-refractivity contribution in [1.29, 1.82) is 0 Å². The van der Waals surface area contributed by atoms with E-state index in [1.165, 1.54) is 0 Å². The van der Waals surface area contributed by atoms with E-state index < -0.39 is 0 Å². The number of rotatable bonds is 4. The molecule has 1 aromatic heterocycles. The van der Waals surface area contributed by atoms with Gasteiger partial charge in [0.1, 0.15) is 11.3 Å². The first-order valence-electron chi connectivity index (χ1n) is 8.47. The number of aromatic nitrogens is 1. The zero-order chi connectivity index (χ0) is 17.9. The molecule has 3 aromatic carbocycles. The number of pyridine rings is 1. The van der Waals surface area contributed by atoms with Gasteiger partial charge in [0.15, 0.2) is 6.61 Å². The summed E-state index contributed by atoms with van der Waals surface area (Å²) in [6.07, 6.45) is 0. The van der Waals surface area contributed by atoms with Gasteiger partial charge in [-0.15, -0.1) is 0 Å². The van der Waals surface area contributed by atoms with Gasteiger partial charge in [-0.1, -0.05) is 48.5 Å². The Kier molecular flexibility index (Phi) is 4.23. The van der Waals surface area contributed by atoms with Crippen molar-refractivity contribution in [2.24, 2.45) is 0 Å². The normalized spacial score (nSPS) is 10.8. The number of hydrogen-bond donors (Lipinski definition) is 1. The number of hydrogen-bond acceptors (Lipinski definition) is 3. The summed E-state index contributed by atoms with van der Waals surface area (Å²) in [5, 5.41) is 6.09. The van der Waals surface area contributed by atoms with Crippen LogP contribution in [-0.4, -0.2) is 17.5 Å². The van der Waals surface area contributed by atoms with Crippen molar-refractivity contribution >= 4 is 33.3 Å². The molecule has 1 heterocycles. The van der Waals surface area contributed by atoms with E-state index in [-0.39, 0.29) is 12.5 Å². The molecular formula is C22H18N2O2. The third kappa shape index (κ3) is 3.35. The summed E-state index contributed by atoms with van der Waals surface area (Å²) in [7, 11) is 0. The van der Waals surface area contributed by atoms with E-state index in [9.17, 15) is 4.79 Å². The van der Waals surface area contributed by atoms with E-state index in [0.717, 1.165) is 33.1 Å². The molecule has 0 aliphatic carbocycles. The van der Waals surface area contributed by atoms with Gasteiger partial charge in [-0.3, -0.25) is 4.79 Å². The second-order valence-corrected chi connectivity index (χ2v) is 6.18. The Balaban J connectivity index is 1.47. The molecule has 128 valence electrons. The Morgan fingerprint density at radius 3 is 2.58 bits per heavy atom. The number of nitrogens with one attached hydrogen (secondary N) is 1. The van der Waals surface area contributed by atoms with Gasteiger partial charge >= 0.3 is 0 Å². The highest BCUT2D eigenvalue weighted by atomic mass is 16.5. The van der Waals surface area contributed by atoms with Crippen LogP contribution in [-0.2, 0) is 4.79 Å². The van der Waals surface area contributed by atoms with Crippen molar-refractivity contribution in [1.82, 2.24) is 4.98 Å². The summed E-state index contributed by atoms with van der Waals surface area (Å²) in [6, 6.07) is 23.5. The molecule has 1 amide bonds. The third-order valence-electron chi connectivity index (χ3n) is 4.21. The smallest absolute Gasteiger partial charge is 0.262 e. The fourth-order valence-corrected chi connectivity index (χ4v) is 2.94. The van der Waals surface area contributed by atoms with Gasteiger partial charge in [0, 0.05) is 16.8 Å². The lowest BCUT2D eigenvalue weighted by atomic mass is 10.1. The monoisotopic (exact) mass is 342 g/mol. The number of ether oxygens (including phenoxy) is 1. The van der Waals surface area contributed by atoms with Crippen molar-refractivity contribution in [2.45, 2.75) is 6.92 Å². The van der Waals surface area contributed by atoms with Gasteiger partial charge < -0.3 is 10.1 Å². The molecule has 0 aliphatic heterocycles. The van der Waals surface area contributed by atoms with E-state index in [4.69, 9.17) is 4.74 Å². The minimum Gasteiger partial charge on any atom is -0.481 e. The largest absolute Gasteiger partial charge is 0.481 e. The van der Waals surface area contributed by atoms with Crippen molar-refractivity contribution in [2.75, 3.05) is 11.9 Å². The second-order valence-electron chi connectivity index (χ2n) is 6.18. The van der Waals surface area contributed by atoms with Crippen LogP contribution in [0, 0.1) is 6.92 Å². The van der Waals surface area contributed by atoms with Gasteiger partial charge in [-0.05, 0) is 42.0 Å². The van der Waals surface area contributed by atoms with Gasteiger partial charge in [0.2, 0.25) is 0 Å². The molecule has 26 heavy (non-hydrogen) atoms. The maximum absolute atomic E-state index is 12.3. The average molecular weight is 342 g/mol. The lowest BCUT2D eigenvalue weighted by Crippen LogP contribution is -2.20. The van der Waals surface area contributed by atoms with Crippen LogP contribution in [0.25, 0.3) is 21.7 Å². The lowest BCUT2D eigenvalue weighted by Gasteiger charge is -2.10. The number of benzene rings is 3. The molecule has 4 nitrogen and oxygen atoms in total. The highest BCUT2D eigenvalue weighted by Crippen LogP contribution is 2.24. The fourth-order valence-electron chi connectivity index (χ4n) is 2.94. The zero-order valence-electron chi connectivity index (χ0n) is 14.4. The highest BCUT2D eigenvalue weighted by Gasteiger charge is 2.08. The standard InChI is InChI=1S/C22H18N2O2/c1-15-9-10-17-7-4-8-20(22(17)23-15)26-14-21(25)24-19-12-11-16-5-2-3-6-18(16)13-19/h2-13H,14H2,1H3,(H,24,25). The molecule has 1 N–H and O–H groups in total. The predicted octanol–water partition coefficient (Wildman–Crippen LogP) is 4.71. The molecule has 0 radical (unpaired) electrons. The number of anilines is 1. The van der Waals surface area contributed by atoms with Gasteiger partial charge in [-0.25, -0.2) is 4.98 Å². The van der Waals surface area contributed by atoms with Crippen LogP contribution in [0.15, 0.2) is 72.8 Å². The van der Waals surface area contributed by atoms with Crippen molar-refractivity contribution in [3.05, 3.63) is 78.5 Å². The van der Waals surface area contributed by atoms with Crippen LogP contribution in [0.5, 0.6) is 5.75 Å². The summed E-state index contributed by atoms with van der Waals surface area (Å²) < 4.78 is 5.72. The summed E-state index contributed by atoms with van der Waals surface area (Å²) in [5.74, 6) is 0.407. The Hall–Kier alpha value is -3.40. The van der Waals surface area contributed by atoms with Crippen LogP contribution in [0.3, 0.4) is 0 Å². The molecule has 0 saturated heterocycles. The molecule has 0 spiro atoms. The predicted molar refractivity (Wildman–Crippen MR) is 105 cm³/mol. The van der Waals surface area contributed by atoms with E-state index in [2.05, 4.69) is 10.3 Å². The van der Waals surface area contributed by atoms with Gasteiger partial charge in [0.05, 0.1) is 0 Å². The summed E-state index contributed by atoms with van der Waals surface area (Å²) in [4.78, 5) is 16.8. The maximum atomic E-state index is 12.3. The molecule has 0 fully saturated rings. The maximum Gasteiger partial charge on any atom is 0.262 e. The Bertz CT molecular complexity index is 1110. The van der Waals surface area contributed by atoms with E-state index >= 15 is 0 Å². The zero-order valence-corrected chi connectivity index (χ0v) is 14.4. The van der Waals surface area contributed by atoms with Crippen LogP contribution in [0.1, 0.15) is 5.69 Å². The van der Waals surface area contributed by atoms with Gasteiger partial charge in [0.25, 0.3) is 5.91 Å². The number of fused-ring (bicyclic) bond motifs is 2. The molecule has 4 aromatic rings. The van der Waals surface area contributed by atoms with Crippen LogP contribution in [0.4, 0.5) is 5.69 Å². The Morgan fingerprint density at radius 2 is 1.69 bits per heavy atom. The van der Waals surface area contributed by atoms with Crippen molar-refractivity contribution < 1.29 is 9.53 Å². The van der Waals surface area contributed by atoms with E-state index in [1.807, 2.05) is 79.7 Å². The van der Waals surface area contributed by atoms with E-state index in [1.54, 1.807) is 0 Å². The first-order valence-corrected chi connectivity index (χ1v) is 8.47. The number of amides is 1. The number of nitrogens with zero attached hydrogens (tertiary/aromatic N) is 1. The number of carbonyl (C=O) groups excluding carboxylic acids is 1. The summed E-state index contributed by atoms with van der Waals surface area (Å²) in [5.41, 5.74) is 2.43. The fraction of sp³-hybridized carbons (Fsp3) is 0.0909. The molecule has 4 rings (SSSR count). The third-order valence-corrected chi connectivity index (χ3v) is 4.21. The van der Waals surface area contributed by atoms with Crippen LogP contribution in [0.2, 0.25) is 0 Å². The second kappa shape index (κ2) is 6.84. The molecule has 0 saturated carbocycles. The average Bonchev–Trinajstić information content (AvgIpc) is 2.66. The molecule has 0 aliphatic rings. The minimum atomic E-state index is -0.204. The van der Waals surface area contributed by atoms with Crippen LogP contribution >= 0.6 is 0 Å². The van der Waals surface area contributed by atoms with Crippen molar-refractivity contribution in [3.63, 3.8) is 0 Å². The van der Waals surface area contributed by atoms with E-state index in [0.29, 0.717) is 5.75 Å². The first-order chi connectivity index (χ1) is 12.7. The molecule has 4 heteroatoms. The SMILES string of the molecule is Cc1ccc2cccc(OCC(=O)Nc3ccc4ccccc4c3)c2n1. The molecule has 0 bridgehead atoms. The minimum absolute atomic E-state index is 0.0679. The van der Waals surface area contributed by atoms with Gasteiger partial charge in [-0.2, -0.15) is 0 Å². The molecule has 0 atom stereocenters. The summed E-state index contributed by atoms with van der Waals surface area (Å²) >= 11 is 0. The topological polar surface area (TPSA) is 51.2 Å². The lowest BCUT2D eigenvalue weighted by molar-refractivity contribution is -0.118. The number of carbonyl (C=O) groups is 1. The number of para-hydroxylation sites is 1. The quantitative estimate of drug-likeness (QED) is 0.584. The molecular weight excluding hydrogens is 324 g/mol. The number of aryl methyl sites for hydroxylation is 1. The Labute approximate surface area is 151 Å². The van der Waals surface area contributed by atoms with Crippen molar-refractivity contribution in [3.8, 4) is 5.75 Å². The molecule has 0 unspecified atom stereocenters. The Morgan fingerprint density at radius 1 is 0.923 bits per heavy atom. The van der Waals surface area contributed by atoms with Crippen LogP contribution < -0.4 is 10.1 Å². The summed E-state index contributed by atoms with van der Waals surface area (Å²) in [6.45, 7) is 1.87. The first kappa shape index (κ1) is 16.1.